The van der Waals surface area contributed by atoms with Gasteiger partial charge in [-0.05, 0) is 17.7 Å². The monoisotopic (exact) mass is 346 g/mol. The van der Waals surface area contributed by atoms with Gasteiger partial charge in [-0.1, -0.05) is 17.4 Å². The summed E-state index contributed by atoms with van der Waals surface area (Å²) in [6.07, 6.45) is 1.56. The minimum atomic E-state index is -0.416. The van der Waals surface area contributed by atoms with Gasteiger partial charge in [-0.2, -0.15) is 0 Å². The van der Waals surface area contributed by atoms with E-state index in [1.165, 1.54) is 16.9 Å². The summed E-state index contributed by atoms with van der Waals surface area (Å²) in [5.74, 6) is 1.23. The number of hydrogen-bond donors (Lipinski definition) is 1. The van der Waals surface area contributed by atoms with Crippen LogP contribution in [0.5, 0.6) is 11.5 Å². The number of hydrogen-bond acceptors (Lipinski definition) is 7. The summed E-state index contributed by atoms with van der Waals surface area (Å²) >= 11 is 1.36. The van der Waals surface area contributed by atoms with Crippen LogP contribution in [0, 0.1) is 0 Å². The van der Waals surface area contributed by atoms with Crippen LogP contribution in [0.4, 0.5) is 5.13 Å². The van der Waals surface area contributed by atoms with Gasteiger partial charge in [-0.3, -0.25) is 9.69 Å². The van der Waals surface area contributed by atoms with Crippen molar-refractivity contribution in [2.75, 3.05) is 37.9 Å². The smallest absolute Gasteiger partial charge is 0.260 e. The second kappa shape index (κ2) is 6.29. The van der Waals surface area contributed by atoms with Crippen molar-refractivity contribution in [1.29, 1.82) is 0 Å². The maximum absolute atomic E-state index is 11.2. The number of ether oxygens (including phenoxy) is 2. The lowest BCUT2D eigenvalue weighted by Gasteiger charge is -2.34. The van der Waals surface area contributed by atoms with E-state index in [4.69, 9.17) is 15.2 Å². The summed E-state index contributed by atoms with van der Waals surface area (Å²) in [6, 6.07) is 6.10. The Bertz CT molecular complexity index is 756. The first-order valence-electron chi connectivity index (χ1n) is 7.80. The maximum Gasteiger partial charge on any atom is 0.260 e. The van der Waals surface area contributed by atoms with E-state index in [2.05, 4.69) is 26.9 Å². The molecule has 24 heavy (non-hydrogen) atoms. The zero-order chi connectivity index (χ0) is 16.5. The zero-order valence-corrected chi connectivity index (χ0v) is 13.9. The van der Waals surface area contributed by atoms with Crippen LogP contribution in [-0.4, -0.2) is 48.8 Å². The number of carbonyl (C=O) groups excluding carboxylic acids is 1. The van der Waals surface area contributed by atoms with Crippen LogP contribution < -0.4 is 20.1 Å². The average Bonchev–Trinajstić information content (AvgIpc) is 3.24. The standard InChI is InChI=1S/C16H18N4O3S/c17-15(21)14-8-18-16(24-14)20-5-3-19(4-6-20)9-11-1-2-12-13(7-11)23-10-22-12/h1-2,7-8H,3-6,9-10H2,(H2,17,21). The molecule has 0 bridgehead atoms. The molecule has 4 rings (SSSR count). The molecule has 0 atom stereocenters. The van der Waals surface area contributed by atoms with Gasteiger partial charge in [0, 0.05) is 32.7 Å². The molecule has 1 fully saturated rings. The number of benzene rings is 1. The van der Waals surface area contributed by atoms with Crippen molar-refractivity contribution in [3.8, 4) is 11.5 Å². The van der Waals surface area contributed by atoms with Crippen LogP contribution in [0.3, 0.4) is 0 Å². The summed E-state index contributed by atoms with van der Waals surface area (Å²) in [6.45, 7) is 4.85. The number of nitrogens with two attached hydrogens (primary N) is 1. The summed E-state index contributed by atoms with van der Waals surface area (Å²) in [4.78, 5) is 20.6. The Hall–Kier alpha value is -2.32. The topological polar surface area (TPSA) is 80.9 Å². The predicted octanol–water partition coefficient (Wildman–Crippen LogP) is 1.29. The molecule has 8 heteroatoms. The number of primary amides is 1. The van der Waals surface area contributed by atoms with Crippen LogP contribution in [0.25, 0.3) is 0 Å². The molecular weight excluding hydrogens is 328 g/mol. The van der Waals surface area contributed by atoms with Gasteiger partial charge >= 0.3 is 0 Å². The third-order valence-electron chi connectivity index (χ3n) is 4.22. The molecule has 2 aliphatic heterocycles. The van der Waals surface area contributed by atoms with E-state index in [1.807, 2.05) is 6.07 Å². The quantitative estimate of drug-likeness (QED) is 0.899. The Kier molecular flexibility index (Phi) is 3.99. The summed E-state index contributed by atoms with van der Waals surface area (Å²) in [5.41, 5.74) is 6.51. The molecule has 2 aliphatic rings. The van der Waals surface area contributed by atoms with Gasteiger partial charge in [0.25, 0.3) is 5.91 Å². The number of carbonyl (C=O) groups is 1. The van der Waals surface area contributed by atoms with Crippen molar-refractivity contribution in [2.24, 2.45) is 5.73 Å². The minimum absolute atomic E-state index is 0.304. The van der Waals surface area contributed by atoms with Crippen molar-refractivity contribution in [2.45, 2.75) is 6.54 Å². The van der Waals surface area contributed by atoms with Gasteiger partial charge < -0.3 is 20.1 Å². The molecule has 0 radical (unpaired) electrons. The minimum Gasteiger partial charge on any atom is -0.454 e. The molecule has 1 aromatic carbocycles. The van der Waals surface area contributed by atoms with Crippen molar-refractivity contribution in [3.05, 3.63) is 34.8 Å². The highest BCUT2D eigenvalue weighted by Gasteiger charge is 2.21. The lowest BCUT2D eigenvalue weighted by molar-refractivity contribution is 0.100. The second-order valence-corrected chi connectivity index (χ2v) is 6.83. The van der Waals surface area contributed by atoms with Crippen molar-refractivity contribution < 1.29 is 14.3 Å². The number of rotatable bonds is 4. The third-order valence-corrected chi connectivity index (χ3v) is 5.30. The highest BCUT2D eigenvalue weighted by Crippen LogP contribution is 2.33. The van der Waals surface area contributed by atoms with Crippen molar-refractivity contribution in [1.82, 2.24) is 9.88 Å². The highest BCUT2D eigenvalue weighted by atomic mass is 32.1. The van der Waals surface area contributed by atoms with E-state index in [0.29, 0.717) is 11.7 Å². The van der Waals surface area contributed by atoms with E-state index >= 15 is 0 Å². The zero-order valence-electron chi connectivity index (χ0n) is 13.1. The molecule has 3 heterocycles. The first kappa shape index (κ1) is 15.2. The third kappa shape index (κ3) is 3.02. The molecule has 1 aromatic heterocycles. The van der Waals surface area contributed by atoms with Gasteiger partial charge in [-0.25, -0.2) is 4.98 Å². The number of fused-ring (bicyclic) bond motifs is 1. The normalized spacial score (nSPS) is 17.2. The molecule has 7 nitrogen and oxygen atoms in total. The average molecular weight is 346 g/mol. The Balaban J connectivity index is 1.35. The fourth-order valence-corrected chi connectivity index (χ4v) is 3.74. The number of anilines is 1. The fraction of sp³-hybridized carbons (Fsp3) is 0.375. The SMILES string of the molecule is NC(=O)c1cnc(N2CCN(Cc3ccc4c(c3)OCO4)CC2)s1. The molecule has 2 aromatic rings. The Labute approximate surface area is 143 Å². The van der Waals surface area contributed by atoms with E-state index < -0.39 is 5.91 Å². The summed E-state index contributed by atoms with van der Waals surface area (Å²) in [5, 5.41) is 0.867. The van der Waals surface area contributed by atoms with Gasteiger partial charge in [0.15, 0.2) is 16.6 Å². The Morgan fingerprint density at radius 3 is 2.75 bits per heavy atom. The number of amides is 1. The second-order valence-electron chi connectivity index (χ2n) is 5.82. The van der Waals surface area contributed by atoms with E-state index in [0.717, 1.165) is 49.4 Å². The Morgan fingerprint density at radius 2 is 2.00 bits per heavy atom. The lowest BCUT2D eigenvalue weighted by atomic mass is 10.1. The van der Waals surface area contributed by atoms with Crippen LogP contribution in [0.15, 0.2) is 24.4 Å². The van der Waals surface area contributed by atoms with Gasteiger partial charge in [-0.15, -0.1) is 0 Å². The van der Waals surface area contributed by atoms with Crippen LogP contribution in [-0.2, 0) is 6.54 Å². The number of thiazole rings is 1. The van der Waals surface area contributed by atoms with Crippen LogP contribution >= 0.6 is 11.3 Å². The van der Waals surface area contributed by atoms with Crippen molar-refractivity contribution in [3.63, 3.8) is 0 Å². The number of aromatic nitrogens is 1. The first-order chi connectivity index (χ1) is 11.7. The predicted molar refractivity (Wildman–Crippen MR) is 90.7 cm³/mol. The molecule has 1 amide bonds. The first-order valence-corrected chi connectivity index (χ1v) is 8.62. The molecule has 1 saturated heterocycles. The summed E-state index contributed by atoms with van der Waals surface area (Å²) < 4.78 is 10.8. The largest absolute Gasteiger partial charge is 0.454 e. The molecule has 126 valence electrons. The molecule has 2 N–H and O–H groups in total. The molecule has 0 spiro atoms. The van der Waals surface area contributed by atoms with Gasteiger partial charge in [0.1, 0.15) is 4.88 Å². The molecular formula is C16H18N4O3S. The van der Waals surface area contributed by atoms with Gasteiger partial charge in [0.2, 0.25) is 6.79 Å². The van der Waals surface area contributed by atoms with E-state index in [9.17, 15) is 4.79 Å². The van der Waals surface area contributed by atoms with Crippen molar-refractivity contribution >= 4 is 22.4 Å². The molecule has 0 aliphatic carbocycles. The fourth-order valence-electron chi connectivity index (χ4n) is 2.92. The lowest BCUT2D eigenvalue weighted by Crippen LogP contribution is -2.45. The maximum atomic E-state index is 11.2. The van der Waals surface area contributed by atoms with E-state index in [1.54, 1.807) is 6.20 Å². The van der Waals surface area contributed by atoms with Crippen LogP contribution in [0.1, 0.15) is 15.2 Å². The summed E-state index contributed by atoms with van der Waals surface area (Å²) in [7, 11) is 0. The number of nitrogens with zero attached hydrogens (tertiary/aromatic N) is 3. The molecule has 0 saturated carbocycles. The van der Waals surface area contributed by atoms with Crippen LogP contribution in [0.2, 0.25) is 0 Å². The van der Waals surface area contributed by atoms with Gasteiger partial charge in [0.05, 0.1) is 6.20 Å². The Morgan fingerprint density at radius 1 is 1.21 bits per heavy atom. The number of piperazine rings is 1. The highest BCUT2D eigenvalue weighted by molar-refractivity contribution is 7.17. The molecule has 0 unspecified atom stereocenters. The van der Waals surface area contributed by atoms with E-state index in [-0.39, 0.29) is 0 Å².